The molecule has 0 bridgehead atoms. The van der Waals surface area contributed by atoms with Crippen LogP contribution >= 0.6 is 0 Å². The predicted octanol–water partition coefficient (Wildman–Crippen LogP) is 2.51. The van der Waals surface area contributed by atoms with E-state index in [2.05, 4.69) is 11.9 Å². The number of rotatable bonds is 6. The Morgan fingerprint density at radius 3 is 2.84 bits per heavy atom. The third-order valence-corrected chi connectivity index (χ3v) is 3.25. The highest BCUT2D eigenvalue weighted by Crippen LogP contribution is 2.33. The van der Waals surface area contributed by atoms with Crippen LogP contribution in [0, 0.1) is 0 Å². The van der Waals surface area contributed by atoms with Gasteiger partial charge in [-0.15, -0.1) is 0 Å². The van der Waals surface area contributed by atoms with Gasteiger partial charge in [-0.3, -0.25) is 4.79 Å². The van der Waals surface area contributed by atoms with Crippen LogP contribution in [0.15, 0.2) is 59.4 Å². The highest BCUT2D eigenvalue weighted by atomic mass is 16.7. The van der Waals surface area contributed by atoms with Crippen molar-refractivity contribution in [3.05, 3.63) is 66.3 Å². The van der Waals surface area contributed by atoms with Crippen LogP contribution in [-0.2, 0) is 9.53 Å². The lowest BCUT2D eigenvalue weighted by molar-refractivity contribution is -0.138. The summed E-state index contributed by atoms with van der Waals surface area (Å²) in [4.78, 5) is 24.4. The molecule has 128 valence electrons. The van der Waals surface area contributed by atoms with Gasteiger partial charge in [0.25, 0.3) is 5.91 Å². The van der Waals surface area contributed by atoms with Crippen molar-refractivity contribution in [2.75, 3.05) is 13.4 Å². The van der Waals surface area contributed by atoms with Crippen LogP contribution in [0.4, 0.5) is 0 Å². The van der Waals surface area contributed by atoms with Crippen LogP contribution in [-0.4, -0.2) is 25.3 Å². The smallest absolute Gasteiger partial charge is 0.355 e. The first-order chi connectivity index (χ1) is 12.2. The largest absolute Gasteiger partial charge is 0.459 e. The van der Waals surface area contributed by atoms with Gasteiger partial charge in [-0.05, 0) is 35.9 Å². The number of esters is 1. The van der Waals surface area contributed by atoms with Gasteiger partial charge in [0.05, 0.1) is 6.26 Å². The lowest BCUT2D eigenvalue weighted by Crippen LogP contribution is -2.28. The number of benzene rings is 1. The first-order valence-electron chi connectivity index (χ1n) is 7.41. The molecular weight excluding hydrogens is 326 g/mol. The molecule has 1 aromatic carbocycles. The minimum atomic E-state index is -0.697. The Hall–Kier alpha value is -3.48. The van der Waals surface area contributed by atoms with Crippen LogP contribution in [0.1, 0.15) is 16.1 Å². The van der Waals surface area contributed by atoms with Crippen LogP contribution < -0.4 is 14.8 Å². The summed E-state index contributed by atoms with van der Waals surface area (Å²) in [6.07, 6.45) is 4.28. The molecule has 0 fully saturated rings. The molecule has 0 saturated carbocycles. The highest BCUT2D eigenvalue weighted by molar-refractivity contribution is 6.02. The Morgan fingerprint density at radius 1 is 1.24 bits per heavy atom. The average molecular weight is 341 g/mol. The summed E-state index contributed by atoms with van der Waals surface area (Å²) in [5, 5.41) is 2.49. The topological polar surface area (TPSA) is 87.0 Å². The quantitative estimate of drug-likeness (QED) is 0.493. The normalized spacial score (nSPS) is 12.6. The van der Waals surface area contributed by atoms with Crippen LogP contribution in [0.25, 0.3) is 6.08 Å². The molecule has 1 aliphatic rings. The molecule has 0 spiro atoms. The minimum absolute atomic E-state index is 0.0218. The van der Waals surface area contributed by atoms with E-state index < -0.39 is 11.9 Å². The Balaban J connectivity index is 1.85. The molecule has 1 aromatic heterocycles. The third kappa shape index (κ3) is 3.89. The molecule has 0 atom stereocenters. The Bertz CT molecular complexity index is 822. The SMILES string of the molecule is C=CCOC(=O)/C(=C\c1ccc2c(c1)OCO2)NC(=O)c1ccco1. The fourth-order valence-electron chi connectivity index (χ4n) is 2.12. The molecule has 0 aliphatic carbocycles. The summed E-state index contributed by atoms with van der Waals surface area (Å²) in [6, 6.07) is 8.21. The molecule has 1 amide bonds. The maximum absolute atomic E-state index is 12.2. The lowest BCUT2D eigenvalue weighted by Gasteiger charge is -2.08. The maximum Gasteiger partial charge on any atom is 0.355 e. The molecule has 7 heteroatoms. The second kappa shape index (κ2) is 7.39. The van der Waals surface area contributed by atoms with Gasteiger partial charge in [0, 0.05) is 0 Å². The molecule has 1 N–H and O–H groups in total. The van der Waals surface area contributed by atoms with Crippen molar-refractivity contribution in [2.24, 2.45) is 0 Å². The molecule has 0 unspecified atom stereocenters. The molecule has 7 nitrogen and oxygen atoms in total. The number of carbonyl (C=O) groups excluding carboxylic acids is 2. The van der Waals surface area contributed by atoms with E-state index in [-0.39, 0.29) is 24.9 Å². The predicted molar refractivity (Wildman–Crippen MR) is 87.9 cm³/mol. The second-order valence-corrected chi connectivity index (χ2v) is 4.99. The number of hydrogen-bond acceptors (Lipinski definition) is 6. The van der Waals surface area contributed by atoms with Crippen molar-refractivity contribution < 1.29 is 28.2 Å². The number of hydrogen-bond donors (Lipinski definition) is 1. The van der Waals surface area contributed by atoms with E-state index in [9.17, 15) is 9.59 Å². The number of nitrogens with one attached hydrogen (secondary N) is 1. The fraction of sp³-hybridized carbons (Fsp3) is 0.111. The molecular formula is C18H15NO6. The second-order valence-electron chi connectivity index (χ2n) is 4.99. The number of carbonyl (C=O) groups is 2. The molecule has 2 heterocycles. The van der Waals surface area contributed by atoms with Gasteiger partial charge in [0.15, 0.2) is 17.3 Å². The van der Waals surface area contributed by atoms with Crippen molar-refractivity contribution in [3.63, 3.8) is 0 Å². The van der Waals surface area contributed by atoms with Crippen molar-refractivity contribution in [1.82, 2.24) is 5.32 Å². The molecule has 1 aliphatic heterocycles. The van der Waals surface area contributed by atoms with Crippen molar-refractivity contribution >= 4 is 18.0 Å². The first kappa shape index (κ1) is 16.4. The standard InChI is InChI=1S/C18H15NO6/c1-2-7-23-18(21)13(19-17(20)15-4-3-8-22-15)9-12-5-6-14-16(10-12)25-11-24-14/h2-6,8-10H,1,7,11H2,(H,19,20)/b13-9+. The van der Waals surface area contributed by atoms with Gasteiger partial charge < -0.3 is 23.9 Å². The Kier molecular flexibility index (Phi) is 4.84. The number of fused-ring (bicyclic) bond motifs is 1. The first-order valence-corrected chi connectivity index (χ1v) is 7.41. The Morgan fingerprint density at radius 2 is 2.08 bits per heavy atom. The van der Waals surface area contributed by atoms with Crippen LogP contribution in [0.3, 0.4) is 0 Å². The van der Waals surface area contributed by atoms with E-state index >= 15 is 0 Å². The van der Waals surface area contributed by atoms with Gasteiger partial charge in [0.1, 0.15) is 12.3 Å². The molecule has 3 rings (SSSR count). The number of amides is 1. The average Bonchev–Trinajstić information content (AvgIpc) is 3.29. The molecule has 0 saturated heterocycles. The van der Waals surface area contributed by atoms with Gasteiger partial charge >= 0.3 is 5.97 Å². The summed E-state index contributed by atoms with van der Waals surface area (Å²) in [7, 11) is 0. The monoisotopic (exact) mass is 341 g/mol. The zero-order chi connectivity index (χ0) is 17.6. The highest BCUT2D eigenvalue weighted by Gasteiger charge is 2.18. The lowest BCUT2D eigenvalue weighted by atomic mass is 10.1. The van der Waals surface area contributed by atoms with Gasteiger partial charge in [-0.25, -0.2) is 4.79 Å². The van der Waals surface area contributed by atoms with Crippen LogP contribution in [0.2, 0.25) is 0 Å². The van der Waals surface area contributed by atoms with E-state index in [4.69, 9.17) is 18.6 Å². The van der Waals surface area contributed by atoms with E-state index in [0.29, 0.717) is 17.1 Å². The molecule has 0 radical (unpaired) electrons. The van der Waals surface area contributed by atoms with Crippen molar-refractivity contribution in [3.8, 4) is 11.5 Å². The minimum Gasteiger partial charge on any atom is -0.459 e. The maximum atomic E-state index is 12.2. The van der Waals surface area contributed by atoms with E-state index in [1.165, 1.54) is 24.5 Å². The summed E-state index contributed by atoms with van der Waals surface area (Å²) >= 11 is 0. The summed E-state index contributed by atoms with van der Waals surface area (Å²) in [6.45, 7) is 3.65. The van der Waals surface area contributed by atoms with E-state index in [1.807, 2.05) is 0 Å². The number of furan rings is 1. The molecule has 25 heavy (non-hydrogen) atoms. The molecule has 2 aromatic rings. The summed E-state index contributed by atoms with van der Waals surface area (Å²) < 4.78 is 20.6. The third-order valence-electron chi connectivity index (χ3n) is 3.25. The van der Waals surface area contributed by atoms with E-state index in [0.717, 1.165) is 0 Å². The Labute approximate surface area is 143 Å². The number of ether oxygens (including phenoxy) is 3. The fourth-order valence-corrected chi connectivity index (χ4v) is 2.12. The van der Waals surface area contributed by atoms with Crippen molar-refractivity contribution in [1.29, 1.82) is 0 Å². The van der Waals surface area contributed by atoms with Gasteiger partial charge in [-0.1, -0.05) is 18.7 Å². The zero-order valence-corrected chi connectivity index (χ0v) is 13.2. The van der Waals surface area contributed by atoms with E-state index in [1.54, 1.807) is 24.3 Å². The summed E-state index contributed by atoms with van der Waals surface area (Å²) in [5.41, 5.74) is 0.594. The van der Waals surface area contributed by atoms with Gasteiger partial charge in [-0.2, -0.15) is 0 Å². The summed E-state index contributed by atoms with van der Waals surface area (Å²) in [5.74, 6) is -0.00407. The van der Waals surface area contributed by atoms with Gasteiger partial charge in [0.2, 0.25) is 6.79 Å². The van der Waals surface area contributed by atoms with Crippen molar-refractivity contribution in [2.45, 2.75) is 0 Å². The van der Waals surface area contributed by atoms with Crippen LogP contribution in [0.5, 0.6) is 11.5 Å². The zero-order valence-electron chi connectivity index (χ0n) is 13.2.